The van der Waals surface area contributed by atoms with Gasteiger partial charge in [-0.15, -0.1) is 0 Å². The minimum atomic E-state index is 0.103. The quantitative estimate of drug-likeness (QED) is 0.864. The standard InChI is InChI=1S/C14H17ClN2/c1-2-10(16)14-12-7-4-8-17(12)11-6-3-5-9(15)13(11)14/h3,5-6,10H,2,4,7-8,16H2,1H3/t10-/m0/s1. The van der Waals surface area contributed by atoms with Crippen molar-refractivity contribution in [1.82, 2.24) is 4.57 Å². The van der Waals surface area contributed by atoms with Gasteiger partial charge in [0.25, 0.3) is 0 Å². The van der Waals surface area contributed by atoms with Crippen molar-refractivity contribution in [3.05, 3.63) is 34.5 Å². The van der Waals surface area contributed by atoms with Gasteiger partial charge in [-0.25, -0.2) is 0 Å². The molecule has 17 heavy (non-hydrogen) atoms. The molecule has 2 heterocycles. The first-order valence-electron chi connectivity index (χ1n) is 6.29. The number of fused-ring (bicyclic) bond motifs is 3. The lowest BCUT2D eigenvalue weighted by Gasteiger charge is -2.10. The SMILES string of the molecule is CC[C@H](N)c1c2n(c3cccc(Cl)c13)CCC2. The van der Waals surface area contributed by atoms with Crippen LogP contribution >= 0.6 is 11.6 Å². The average Bonchev–Trinajstić information content (AvgIpc) is 2.89. The first kappa shape index (κ1) is 11.1. The Morgan fingerprint density at radius 2 is 2.29 bits per heavy atom. The van der Waals surface area contributed by atoms with Crippen LogP contribution in [0.5, 0.6) is 0 Å². The molecule has 3 heteroatoms. The van der Waals surface area contributed by atoms with Crippen molar-refractivity contribution in [3.63, 3.8) is 0 Å². The van der Waals surface area contributed by atoms with E-state index in [9.17, 15) is 0 Å². The van der Waals surface area contributed by atoms with Crippen molar-refractivity contribution in [2.45, 2.75) is 38.8 Å². The molecule has 0 unspecified atom stereocenters. The van der Waals surface area contributed by atoms with E-state index < -0.39 is 0 Å². The van der Waals surface area contributed by atoms with Crippen LogP contribution in [0.2, 0.25) is 5.02 Å². The molecular weight excluding hydrogens is 232 g/mol. The molecule has 1 aliphatic heterocycles. The monoisotopic (exact) mass is 248 g/mol. The van der Waals surface area contributed by atoms with Gasteiger partial charge in [0.2, 0.25) is 0 Å². The summed E-state index contributed by atoms with van der Waals surface area (Å²) in [6.07, 6.45) is 3.31. The largest absolute Gasteiger partial charge is 0.344 e. The number of aryl methyl sites for hydroxylation is 1. The highest BCUT2D eigenvalue weighted by atomic mass is 35.5. The molecule has 0 amide bonds. The summed E-state index contributed by atoms with van der Waals surface area (Å²) in [5.41, 5.74) is 10.2. The number of rotatable bonds is 2. The topological polar surface area (TPSA) is 30.9 Å². The summed E-state index contributed by atoms with van der Waals surface area (Å²) in [5, 5.41) is 2.02. The van der Waals surface area contributed by atoms with E-state index in [1.165, 1.54) is 28.6 Å². The van der Waals surface area contributed by atoms with Crippen molar-refractivity contribution in [2.75, 3.05) is 0 Å². The molecule has 0 fully saturated rings. The van der Waals surface area contributed by atoms with Gasteiger partial charge >= 0.3 is 0 Å². The second-order valence-corrected chi connectivity index (χ2v) is 5.17. The molecule has 3 rings (SSSR count). The lowest BCUT2D eigenvalue weighted by Crippen LogP contribution is -2.10. The molecule has 2 aromatic rings. The molecular formula is C14H17ClN2. The highest BCUT2D eigenvalue weighted by molar-refractivity contribution is 6.35. The van der Waals surface area contributed by atoms with Crippen LogP contribution in [0, 0.1) is 0 Å². The number of halogens is 1. The molecule has 90 valence electrons. The van der Waals surface area contributed by atoms with Crippen LogP contribution in [0.1, 0.15) is 37.1 Å². The van der Waals surface area contributed by atoms with Crippen LogP contribution in [-0.2, 0) is 13.0 Å². The fraction of sp³-hybridized carbons (Fsp3) is 0.429. The second kappa shape index (κ2) is 4.04. The summed E-state index contributed by atoms with van der Waals surface area (Å²) in [7, 11) is 0. The molecule has 2 N–H and O–H groups in total. The van der Waals surface area contributed by atoms with Crippen molar-refractivity contribution >= 4 is 22.5 Å². The van der Waals surface area contributed by atoms with Gasteiger partial charge in [0.1, 0.15) is 0 Å². The number of hydrogen-bond acceptors (Lipinski definition) is 1. The van der Waals surface area contributed by atoms with Gasteiger partial charge in [-0.2, -0.15) is 0 Å². The highest BCUT2D eigenvalue weighted by Crippen LogP contribution is 2.38. The Hall–Kier alpha value is -0.990. The Bertz CT molecular complexity index is 571. The fourth-order valence-corrected chi connectivity index (χ4v) is 3.24. The van der Waals surface area contributed by atoms with E-state index in [1.54, 1.807) is 0 Å². The number of nitrogens with two attached hydrogens (primary N) is 1. The summed E-state index contributed by atoms with van der Waals surface area (Å²) in [6.45, 7) is 3.23. The second-order valence-electron chi connectivity index (χ2n) is 4.76. The van der Waals surface area contributed by atoms with Crippen molar-refractivity contribution < 1.29 is 0 Å². The van der Waals surface area contributed by atoms with Gasteiger partial charge in [0.15, 0.2) is 0 Å². The molecule has 1 aliphatic rings. The maximum absolute atomic E-state index is 6.36. The number of nitrogens with zero attached hydrogens (tertiary/aromatic N) is 1. The third-order valence-corrected chi connectivity index (χ3v) is 4.11. The van der Waals surface area contributed by atoms with Gasteiger partial charge in [-0.3, -0.25) is 0 Å². The van der Waals surface area contributed by atoms with Crippen LogP contribution in [0.25, 0.3) is 10.9 Å². The van der Waals surface area contributed by atoms with E-state index >= 15 is 0 Å². The number of hydrogen-bond donors (Lipinski definition) is 1. The zero-order valence-electron chi connectivity index (χ0n) is 10.0. The van der Waals surface area contributed by atoms with Crippen LogP contribution in [0.15, 0.2) is 18.2 Å². The molecule has 1 atom stereocenters. The molecule has 0 aliphatic carbocycles. The zero-order chi connectivity index (χ0) is 12.0. The molecule has 0 radical (unpaired) electrons. The van der Waals surface area contributed by atoms with E-state index in [1.807, 2.05) is 12.1 Å². The lowest BCUT2D eigenvalue weighted by atomic mass is 10.00. The predicted molar refractivity (Wildman–Crippen MR) is 72.5 cm³/mol. The van der Waals surface area contributed by atoms with E-state index in [4.69, 9.17) is 17.3 Å². The summed E-state index contributed by atoms with van der Waals surface area (Å²) in [4.78, 5) is 0. The third kappa shape index (κ3) is 1.51. The Balaban J connectivity index is 2.38. The van der Waals surface area contributed by atoms with E-state index in [2.05, 4.69) is 17.6 Å². The van der Waals surface area contributed by atoms with Crippen molar-refractivity contribution in [1.29, 1.82) is 0 Å². The number of aromatic nitrogens is 1. The first-order valence-corrected chi connectivity index (χ1v) is 6.67. The van der Waals surface area contributed by atoms with Gasteiger partial charge < -0.3 is 10.3 Å². The van der Waals surface area contributed by atoms with Crippen molar-refractivity contribution in [2.24, 2.45) is 5.73 Å². The van der Waals surface area contributed by atoms with Gasteiger partial charge in [0, 0.05) is 23.7 Å². The van der Waals surface area contributed by atoms with E-state index in [0.717, 1.165) is 24.4 Å². The third-order valence-electron chi connectivity index (χ3n) is 3.79. The van der Waals surface area contributed by atoms with Gasteiger partial charge in [0.05, 0.1) is 10.5 Å². The average molecular weight is 249 g/mol. The molecule has 1 aromatic heterocycles. The Morgan fingerprint density at radius 3 is 3.06 bits per heavy atom. The molecule has 0 saturated carbocycles. The molecule has 0 bridgehead atoms. The van der Waals surface area contributed by atoms with Crippen LogP contribution in [0.4, 0.5) is 0 Å². The smallest absolute Gasteiger partial charge is 0.0503 e. The normalized spacial score (nSPS) is 16.4. The lowest BCUT2D eigenvalue weighted by molar-refractivity contribution is 0.693. The summed E-state index contributed by atoms with van der Waals surface area (Å²) < 4.78 is 2.39. The van der Waals surface area contributed by atoms with Crippen LogP contribution in [-0.4, -0.2) is 4.57 Å². The maximum atomic E-state index is 6.36. The molecule has 1 aromatic carbocycles. The summed E-state index contributed by atoms with van der Waals surface area (Å²) in [5.74, 6) is 0. The van der Waals surface area contributed by atoms with Crippen LogP contribution < -0.4 is 5.73 Å². The molecule has 2 nitrogen and oxygen atoms in total. The number of benzene rings is 1. The van der Waals surface area contributed by atoms with Gasteiger partial charge in [-0.1, -0.05) is 24.6 Å². The fourth-order valence-electron chi connectivity index (χ4n) is 2.97. The minimum Gasteiger partial charge on any atom is -0.344 e. The predicted octanol–water partition coefficient (Wildman–Crippen LogP) is 3.65. The Labute approximate surface area is 106 Å². The van der Waals surface area contributed by atoms with Crippen LogP contribution in [0.3, 0.4) is 0 Å². The van der Waals surface area contributed by atoms with Crippen molar-refractivity contribution in [3.8, 4) is 0 Å². The summed E-state index contributed by atoms with van der Waals surface area (Å²) >= 11 is 6.36. The zero-order valence-corrected chi connectivity index (χ0v) is 10.8. The maximum Gasteiger partial charge on any atom is 0.0503 e. The first-order chi connectivity index (χ1) is 8.24. The summed E-state index contributed by atoms with van der Waals surface area (Å²) in [6, 6.07) is 6.25. The molecule has 0 spiro atoms. The minimum absolute atomic E-state index is 0.103. The van der Waals surface area contributed by atoms with E-state index in [0.29, 0.717) is 0 Å². The van der Waals surface area contributed by atoms with Gasteiger partial charge in [-0.05, 0) is 37.0 Å². The molecule has 0 saturated heterocycles. The Morgan fingerprint density at radius 1 is 1.47 bits per heavy atom. The highest BCUT2D eigenvalue weighted by Gasteiger charge is 2.25. The Kier molecular flexibility index (Phi) is 2.64. The van der Waals surface area contributed by atoms with E-state index in [-0.39, 0.29) is 6.04 Å².